The number of hydrazone groups is 1. The molecule has 36 heavy (non-hydrogen) atoms. The third-order valence-electron chi connectivity index (χ3n) is 5.80. The summed E-state index contributed by atoms with van der Waals surface area (Å²) in [5, 5.41) is 35.3. The predicted octanol–water partition coefficient (Wildman–Crippen LogP) is 4.43. The summed E-state index contributed by atoms with van der Waals surface area (Å²) in [4.78, 5) is 13.2. The van der Waals surface area contributed by atoms with Crippen LogP contribution in [-0.2, 0) is 0 Å². The van der Waals surface area contributed by atoms with Crippen LogP contribution in [0, 0.1) is 18.8 Å². The molecule has 0 bridgehead atoms. The van der Waals surface area contributed by atoms with E-state index in [1.165, 1.54) is 74.1 Å². The molecule has 13 heteroatoms. The van der Waals surface area contributed by atoms with Crippen molar-refractivity contribution in [2.45, 2.75) is 59.8 Å². The molecule has 0 spiro atoms. The second-order valence-electron chi connectivity index (χ2n) is 8.59. The molecule has 2 atom stereocenters. The lowest BCUT2D eigenvalue weighted by molar-refractivity contribution is -0.274. The zero-order valence-electron chi connectivity index (χ0n) is 21.4. The van der Waals surface area contributed by atoms with Gasteiger partial charge < -0.3 is 9.84 Å². The Kier molecular flexibility index (Phi) is 11.3. The molecule has 0 aliphatic carbocycles. The summed E-state index contributed by atoms with van der Waals surface area (Å²) >= 11 is 1.26. The fraction of sp³-hybridized carbons (Fsp3) is 0.522. The molecule has 1 aromatic carbocycles. The largest absolute Gasteiger partial charge is 0.494 e. The number of quaternary nitrogens is 1. The van der Waals surface area contributed by atoms with E-state index in [0.717, 1.165) is 11.8 Å². The molecule has 2 unspecified atom stereocenters. The second kappa shape index (κ2) is 13.9. The summed E-state index contributed by atoms with van der Waals surface area (Å²) in [5.41, 5.74) is 11.3. The number of anilines is 1. The highest BCUT2D eigenvalue weighted by Crippen LogP contribution is 2.29. The number of rotatable bonds is 12. The number of aromatic carboxylic acids is 1. The van der Waals surface area contributed by atoms with Crippen LogP contribution in [0.5, 0.6) is 5.75 Å². The van der Waals surface area contributed by atoms with Crippen molar-refractivity contribution in [2.75, 3.05) is 12.5 Å². The normalized spacial score (nSPS) is 14.5. The average molecular weight is 525 g/mol. The van der Waals surface area contributed by atoms with Gasteiger partial charge in [0.1, 0.15) is 22.2 Å². The van der Waals surface area contributed by atoms with Gasteiger partial charge in [-0.3, -0.25) is 5.43 Å². The third-order valence-corrected chi connectivity index (χ3v) is 6.56. The number of ether oxygens (including phenoxy) is 1. The van der Waals surface area contributed by atoms with E-state index in [-0.39, 0.29) is 22.8 Å². The van der Waals surface area contributed by atoms with Gasteiger partial charge >= 0.3 is 11.8 Å². The average Bonchev–Trinajstić information content (AvgIpc) is 3.54. The maximum absolute atomic E-state index is 10.9. The van der Waals surface area contributed by atoms with Crippen molar-refractivity contribution in [3.8, 4) is 5.75 Å². The molecule has 12 nitrogen and oxygen atoms in total. The Hall–Kier alpha value is -2.97. The molecule has 0 fully saturated rings. The highest BCUT2D eigenvalue weighted by molar-refractivity contribution is 7.09. The lowest BCUT2D eigenvalue weighted by Crippen LogP contribution is -2.48. The number of aryl methyl sites for hydroxylation is 1. The number of nitrogens with zero attached hydrogens (tertiary/aromatic N) is 3. The SMILES string of the molecule is CCCC(CCC(C)CC)C1=NNNN1.COc1cc(C(=O)O)ccc1N[N+](O)(O)c1csc(C)n1. The molecule has 7 N–H and O–H groups in total. The number of carboxylic acids is 1. The summed E-state index contributed by atoms with van der Waals surface area (Å²) in [6.07, 6.45) is 6.23. The number of hydrazine groups is 2. The smallest absolute Gasteiger partial charge is 0.335 e. The molecule has 0 saturated heterocycles. The van der Waals surface area contributed by atoms with E-state index in [4.69, 9.17) is 9.84 Å². The van der Waals surface area contributed by atoms with Gasteiger partial charge in [-0.15, -0.1) is 32.4 Å². The van der Waals surface area contributed by atoms with Crippen molar-refractivity contribution in [2.24, 2.45) is 16.9 Å². The topological polar surface area (TPSA) is 160 Å². The van der Waals surface area contributed by atoms with Crippen LogP contribution >= 0.6 is 11.3 Å². The number of methoxy groups -OCH3 is 1. The van der Waals surface area contributed by atoms with Crippen LogP contribution in [0.1, 0.15) is 68.2 Å². The molecule has 0 radical (unpaired) electrons. The minimum atomic E-state index is -1.67. The minimum absolute atomic E-state index is 0.0122. The number of thiazole rings is 1. The number of carboxylic acid groups (broad SMARTS) is 1. The van der Waals surface area contributed by atoms with Crippen LogP contribution in [0.3, 0.4) is 0 Å². The van der Waals surface area contributed by atoms with Gasteiger partial charge in [-0.25, -0.2) is 10.3 Å². The molecule has 2 aromatic rings. The fourth-order valence-electron chi connectivity index (χ4n) is 3.49. The Balaban J connectivity index is 0.000000269. The van der Waals surface area contributed by atoms with Gasteiger partial charge in [0.25, 0.3) is 0 Å². The van der Waals surface area contributed by atoms with E-state index >= 15 is 0 Å². The molecule has 200 valence electrons. The first-order valence-corrected chi connectivity index (χ1v) is 12.8. The zero-order valence-corrected chi connectivity index (χ0v) is 22.2. The van der Waals surface area contributed by atoms with Gasteiger partial charge in [0.15, 0.2) is 0 Å². The lowest BCUT2D eigenvalue weighted by Gasteiger charge is -2.20. The van der Waals surface area contributed by atoms with Gasteiger partial charge in [0, 0.05) is 5.92 Å². The number of nitrogens with one attached hydrogen (secondary N) is 4. The molecule has 0 amide bonds. The first-order chi connectivity index (χ1) is 17.1. The highest BCUT2D eigenvalue weighted by Gasteiger charge is 2.32. The molecular weight excluding hydrogens is 486 g/mol. The Labute approximate surface area is 215 Å². The molecule has 2 heterocycles. The highest BCUT2D eigenvalue weighted by atomic mass is 32.1. The number of carbonyl (C=O) groups is 1. The van der Waals surface area contributed by atoms with Crippen LogP contribution in [0.4, 0.5) is 11.5 Å². The molecule has 1 aliphatic heterocycles. The van der Waals surface area contributed by atoms with Crippen molar-refractivity contribution < 1.29 is 25.1 Å². The maximum Gasteiger partial charge on any atom is 0.335 e. The van der Waals surface area contributed by atoms with Crippen molar-refractivity contribution in [3.63, 3.8) is 0 Å². The Morgan fingerprint density at radius 1 is 1.25 bits per heavy atom. The summed E-state index contributed by atoms with van der Waals surface area (Å²) in [5.74, 6) is 1.51. The minimum Gasteiger partial charge on any atom is -0.494 e. The van der Waals surface area contributed by atoms with Crippen LogP contribution in [-0.4, -0.2) is 39.4 Å². The predicted molar refractivity (Wildman–Crippen MR) is 140 cm³/mol. The van der Waals surface area contributed by atoms with Gasteiger partial charge in [-0.2, -0.15) is 10.4 Å². The monoisotopic (exact) mass is 524 g/mol. The summed E-state index contributed by atoms with van der Waals surface area (Å²) < 4.78 is 5.05. The van der Waals surface area contributed by atoms with Crippen molar-refractivity contribution in [3.05, 3.63) is 34.2 Å². The quantitative estimate of drug-likeness (QED) is 0.156. The Morgan fingerprint density at radius 2 is 2.00 bits per heavy atom. The second-order valence-corrected chi connectivity index (χ2v) is 9.66. The molecule has 1 aromatic heterocycles. The van der Waals surface area contributed by atoms with Gasteiger partial charge in [-0.05, 0) is 43.9 Å². The fourth-order valence-corrected chi connectivity index (χ4v) is 4.12. The number of hydrogen-bond acceptors (Lipinski definition) is 11. The first-order valence-electron chi connectivity index (χ1n) is 11.9. The molecule has 1 aliphatic rings. The standard InChI is InChI=1S/C12H13N3O5S.C11H24N4/c1-7-13-11(6-21-7)15(18,19)14-9-4-3-8(12(16)17)5-10(9)20-2;1-4-6-10(8-7-9(3)5-2)11-12-14-15-13-11/h3-6,14,18-19H,1-2H3;9-10,14-15H,4-8H2,1-3H3,(H,12,13)/p+1. The van der Waals surface area contributed by atoms with Gasteiger partial charge in [0.2, 0.25) is 0 Å². The Bertz CT molecular complexity index is 1010. The van der Waals surface area contributed by atoms with E-state index in [9.17, 15) is 15.2 Å². The lowest BCUT2D eigenvalue weighted by atomic mass is 9.91. The van der Waals surface area contributed by atoms with Gasteiger partial charge in [-0.1, -0.05) is 40.0 Å². The van der Waals surface area contributed by atoms with E-state index < -0.39 is 10.9 Å². The summed E-state index contributed by atoms with van der Waals surface area (Å²) in [7, 11) is 1.35. The summed E-state index contributed by atoms with van der Waals surface area (Å²) in [6.45, 7) is 8.54. The third kappa shape index (κ3) is 8.60. The maximum atomic E-state index is 10.9. The Morgan fingerprint density at radius 3 is 2.53 bits per heavy atom. The molecule has 3 rings (SSSR count). The van der Waals surface area contributed by atoms with E-state index in [0.29, 0.717) is 10.9 Å². The van der Waals surface area contributed by atoms with E-state index in [2.05, 4.69) is 52.8 Å². The number of hydrogen-bond donors (Lipinski definition) is 7. The van der Waals surface area contributed by atoms with Crippen LogP contribution < -0.4 is 31.6 Å². The van der Waals surface area contributed by atoms with Crippen molar-refractivity contribution in [1.29, 1.82) is 0 Å². The van der Waals surface area contributed by atoms with Crippen molar-refractivity contribution in [1.82, 2.24) is 26.4 Å². The molecular formula is C23H38N7O5S+. The van der Waals surface area contributed by atoms with Crippen molar-refractivity contribution >= 4 is 34.6 Å². The molecule has 0 saturated carbocycles. The van der Waals surface area contributed by atoms with Gasteiger partial charge in [0.05, 0.1) is 23.1 Å². The number of aromatic nitrogens is 1. The van der Waals surface area contributed by atoms with E-state index in [1.807, 2.05) is 0 Å². The first kappa shape index (κ1) is 29.3. The van der Waals surface area contributed by atoms with Crippen LogP contribution in [0.2, 0.25) is 0 Å². The van der Waals surface area contributed by atoms with Crippen LogP contribution in [0.15, 0.2) is 28.7 Å². The number of amidine groups is 1. The van der Waals surface area contributed by atoms with Crippen LogP contribution in [0.25, 0.3) is 0 Å². The summed E-state index contributed by atoms with van der Waals surface area (Å²) in [6, 6.07) is 3.97. The number of benzene rings is 1. The van der Waals surface area contributed by atoms with E-state index in [1.54, 1.807) is 6.92 Å². The zero-order chi connectivity index (χ0) is 26.7.